The summed E-state index contributed by atoms with van der Waals surface area (Å²) in [7, 11) is 0. The van der Waals surface area contributed by atoms with Crippen molar-refractivity contribution in [3.05, 3.63) is 29.3 Å². The Morgan fingerprint density at radius 1 is 1.43 bits per heavy atom. The van der Waals surface area contributed by atoms with Gasteiger partial charge in [0.2, 0.25) is 5.91 Å². The Balaban J connectivity index is 2.09. The number of aliphatic hydroxyl groups is 1. The van der Waals surface area contributed by atoms with Crippen molar-refractivity contribution in [3.8, 4) is 0 Å². The number of hydrogen-bond donors (Lipinski definition) is 2. The fraction of sp³-hybridized carbons (Fsp3) is 0.500. The van der Waals surface area contributed by atoms with Gasteiger partial charge in [-0.1, -0.05) is 0 Å². The minimum absolute atomic E-state index is 0.0341. The second kappa shape index (κ2) is 6.83. The van der Waals surface area contributed by atoms with E-state index in [4.69, 9.17) is 5.11 Å². The molecule has 0 fully saturated rings. The summed E-state index contributed by atoms with van der Waals surface area (Å²) in [4.78, 5) is 25.6. The molecule has 0 bridgehead atoms. The van der Waals surface area contributed by atoms with E-state index >= 15 is 0 Å². The lowest BCUT2D eigenvalue weighted by molar-refractivity contribution is -0.116. The van der Waals surface area contributed by atoms with Gasteiger partial charge < -0.3 is 15.3 Å². The van der Waals surface area contributed by atoms with Gasteiger partial charge >= 0.3 is 0 Å². The number of anilines is 1. The van der Waals surface area contributed by atoms with Crippen LogP contribution in [-0.4, -0.2) is 42.5 Å². The van der Waals surface area contributed by atoms with Crippen LogP contribution in [-0.2, 0) is 11.2 Å². The van der Waals surface area contributed by atoms with E-state index in [1.807, 2.05) is 19.1 Å². The van der Waals surface area contributed by atoms with Crippen LogP contribution >= 0.6 is 0 Å². The normalized spacial score (nSPS) is 14.9. The first-order valence-electron chi connectivity index (χ1n) is 7.34. The number of carbonyl (C=O) groups is 2. The highest BCUT2D eigenvalue weighted by molar-refractivity contribution is 6.01. The number of benzene rings is 1. The van der Waals surface area contributed by atoms with Crippen molar-refractivity contribution in [1.82, 2.24) is 5.32 Å². The number of Topliss-reactive ketones (excluding diaryl/α,β-unsaturated/α-hetero) is 1. The van der Waals surface area contributed by atoms with E-state index in [1.165, 1.54) is 0 Å². The van der Waals surface area contributed by atoms with Gasteiger partial charge in [0.25, 0.3) is 0 Å². The molecule has 0 aliphatic carbocycles. The zero-order valence-electron chi connectivity index (χ0n) is 12.6. The molecule has 1 heterocycles. The van der Waals surface area contributed by atoms with Gasteiger partial charge in [0.05, 0.1) is 6.04 Å². The van der Waals surface area contributed by atoms with Crippen LogP contribution < -0.4 is 10.2 Å². The highest BCUT2D eigenvalue weighted by Gasteiger charge is 2.24. The molecule has 0 saturated heterocycles. The first kappa shape index (κ1) is 15.7. The zero-order valence-corrected chi connectivity index (χ0v) is 12.6. The van der Waals surface area contributed by atoms with Crippen molar-refractivity contribution in [2.24, 2.45) is 0 Å². The van der Waals surface area contributed by atoms with Gasteiger partial charge in [-0.05, 0) is 50.1 Å². The lowest BCUT2D eigenvalue weighted by atomic mass is 10.0. The van der Waals surface area contributed by atoms with Gasteiger partial charge in [0.15, 0.2) is 5.78 Å². The van der Waals surface area contributed by atoms with Gasteiger partial charge in [0.1, 0.15) is 0 Å². The van der Waals surface area contributed by atoms with Crippen LogP contribution in [0.4, 0.5) is 5.69 Å². The molecule has 2 N–H and O–H groups in total. The zero-order chi connectivity index (χ0) is 15.4. The van der Waals surface area contributed by atoms with Crippen LogP contribution in [0.25, 0.3) is 0 Å². The number of amides is 1. The van der Waals surface area contributed by atoms with Gasteiger partial charge in [-0.3, -0.25) is 9.59 Å². The molecular weight excluding hydrogens is 268 g/mol. The van der Waals surface area contributed by atoms with Gasteiger partial charge in [0, 0.05) is 31.3 Å². The summed E-state index contributed by atoms with van der Waals surface area (Å²) < 4.78 is 0. The number of ketones is 1. The van der Waals surface area contributed by atoms with E-state index in [9.17, 15) is 9.59 Å². The summed E-state index contributed by atoms with van der Waals surface area (Å²) in [6.07, 6.45) is 1.43. The maximum absolute atomic E-state index is 12.3. The van der Waals surface area contributed by atoms with Crippen LogP contribution in [0.1, 0.15) is 36.2 Å². The Labute approximate surface area is 125 Å². The maximum atomic E-state index is 12.3. The summed E-state index contributed by atoms with van der Waals surface area (Å²) in [6.45, 7) is 4.81. The molecule has 21 heavy (non-hydrogen) atoms. The van der Waals surface area contributed by atoms with E-state index < -0.39 is 0 Å². The second-order valence-electron chi connectivity index (χ2n) is 5.38. The van der Waals surface area contributed by atoms with Crippen LogP contribution in [0.15, 0.2) is 18.2 Å². The third-order valence-electron chi connectivity index (χ3n) is 3.82. The molecule has 114 valence electrons. The average Bonchev–Trinajstić information content (AvgIpc) is 2.89. The third-order valence-corrected chi connectivity index (χ3v) is 3.82. The van der Waals surface area contributed by atoms with Gasteiger partial charge in [-0.2, -0.15) is 0 Å². The van der Waals surface area contributed by atoms with E-state index in [0.717, 1.165) is 17.7 Å². The second-order valence-corrected chi connectivity index (χ2v) is 5.38. The van der Waals surface area contributed by atoms with Crippen LogP contribution in [0.2, 0.25) is 0 Å². The molecule has 2 rings (SSSR count). The molecular formula is C16H22N2O3. The molecule has 1 aromatic rings. The largest absolute Gasteiger partial charge is 0.396 e. The van der Waals surface area contributed by atoms with E-state index in [0.29, 0.717) is 25.1 Å². The van der Waals surface area contributed by atoms with E-state index in [-0.39, 0.29) is 24.3 Å². The first-order valence-corrected chi connectivity index (χ1v) is 7.34. The van der Waals surface area contributed by atoms with Crippen LogP contribution in [0.5, 0.6) is 0 Å². The molecule has 0 radical (unpaired) electrons. The predicted molar refractivity (Wildman–Crippen MR) is 81.7 cm³/mol. The number of nitrogens with zero attached hydrogens (tertiary/aromatic N) is 1. The molecule has 5 heteroatoms. The summed E-state index contributed by atoms with van der Waals surface area (Å²) in [6, 6.07) is 5.26. The molecule has 0 aromatic heterocycles. The summed E-state index contributed by atoms with van der Waals surface area (Å²) in [5, 5.41) is 11.9. The van der Waals surface area contributed by atoms with Gasteiger partial charge in [-0.15, -0.1) is 0 Å². The SMILES string of the molecule is CC(=O)N1CCc2cc(C(=O)C(C)NCCCO)ccc21. The van der Waals surface area contributed by atoms with Crippen molar-refractivity contribution < 1.29 is 14.7 Å². The summed E-state index contributed by atoms with van der Waals surface area (Å²) in [5.74, 6) is 0.0730. The monoisotopic (exact) mass is 290 g/mol. The molecule has 1 aliphatic heterocycles. The van der Waals surface area contributed by atoms with Gasteiger partial charge in [-0.25, -0.2) is 0 Å². The number of nitrogens with one attached hydrogen (secondary N) is 1. The highest BCUT2D eigenvalue weighted by atomic mass is 16.3. The fourth-order valence-electron chi connectivity index (χ4n) is 2.62. The highest BCUT2D eigenvalue weighted by Crippen LogP contribution is 2.29. The molecule has 1 aliphatic rings. The first-order chi connectivity index (χ1) is 10.0. The minimum Gasteiger partial charge on any atom is -0.396 e. The molecule has 1 amide bonds. The molecule has 1 atom stereocenters. The van der Waals surface area contributed by atoms with Crippen LogP contribution in [0, 0.1) is 0 Å². The quantitative estimate of drug-likeness (QED) is 0.609. The lowest BCUT2D eigenvalue weighted by Gasteiger charge is -2.16. The number of carbonyl (C=O) groups excluding carboxylic acids is 2. The average molecular weight is 290 g/mol. The number of fused-ring (bicyclic) bond motifs is 1. The molecule has 1 unspecified atom stereocenters. The number of hydrogen-bond acceptors (Lipinski definition) is 4. The lowest BCUT2D eigenvalue weighted by Crippen LogP contribution is -2.35. The Kier molecular flexibility index (Phi) is 5.09. The molecule has 1 aromatic carbocycles. The topological polar surface area (TPSA) is 69.6 Å². The Morgan fingerprint density at radius 2 is 2.19 bits per heavy atom. The molecule has 5 nitrogen and oxygen atoms in total. The number of rotatable bonds is 6. The summed E-state index contributed by atoms with van der Waals surface area (Å²) in [5.41, 5.74) is 2.64. The number of aliphatic hydroxyl groups excluding tert-OH is 1. The van der Waals surface area contributed by atoms with Crippen molar-refractivity contribution >= 4 is 17.4 Å². The summed E-state index contributed by atoms with van der Waals surface area (Å²) >= 11 is 0. The maximum Gasteiger partial charge on any atom is 0.223 e. The predicted octanol–water partition coefficient (Wildman–Crippen LogP) is 1.14. The molecule has 0 saturated carbocycles. The third kappa shape index (κ3) is 3.49. The Hall–Kier alpha value is -1.72. The standard InChI is InChI=1S/C16H22N2O3/c1-11(17-7-3-9-19)16(21)14-4-5-15-13(10-14)6-8-18(15)12(2)20/h4-5,10-11,17,19H,3,6-9H2,1-2H3. The minimum atomic E-state index is -0.278. The van der Waals surface area contributed by atoms with Crippen molar-refractivity contribution in [3.63, 3.8) is 0 Å². The van der Waals surface area contributed by atoms with E-state index in [1.54, 1.807) is 17.9 Å². The fourth-order valence-corrected chi connectivity index (χ4v) is 2.62. The van der Waals surface area contributed by atoms with Crippen molar-refractivity contribution in [2.75, 3.05) is 24.6 Å². The van der Waals surface area contributed by atoms with Crippen molar-refractivity contribution in [1.29, 1.82) is 0 Å². The van der Waals surface area contributed by atoms with Crippen molar-refractivity contribution in [2.45, 2.75) is 32.7 Å². The Morgan fingerprint density at radius 3 is 2.86 bits per heavy atom. The smallest absolute Gasteiger partial charge is 0.223 e. The Bertz CT molecular complexity index is 542. The van der Waals surface area contributed by atoms with E-state index in [2.05, 4.69) is 5.32 Å². The van der Waals surface area contributed by atoms with Crippen LogP contribution in [0.3, 0.4) is 0 Å². The molecule has 0 spiro atoms.